The Bertz CT molecular complexity index is 383. The summed E-state index contributed by atoms with van der Waals surface area (Å²) in [5, 5.41) is 2.96. The maximum Gasteiger partial charge on any atom is 0.410 e. The lowest BCUT2D eigenvalue weighted by atomic mass is 9.90. The van der Waals surface area contributed by atoms with E-state index in [1.807, 2.05) is 27.7 Å². The highest BCUT2D eigenvalue weighted by Crippen LogP contribution is 2.24. The minimum Gasteiger partial charge on any atom is -0.444 e. The quantitative estimate of drug-likeness (QED) is 0.831. The van der Waals surface area contributed by atoms with Crippen LogP contribution in [-0.4, -0.2) is 47.2 Å². The average Bonchev–Trinajstić information content (AvgIpc) is 2.39. The first kappa shape index (κ1) is 18.7. The second-order valence-electron chi connectivity index (χ2n) is 7.07. The molecule has 6 heteroatoms. The molecule has 1 fully saturated rings. The standard InChI is InChI=1S/C16H31N3O3/c1-6-19(15(21)22-16(3,4)5)13-9-7-12(8-10-13)18-14(20)11(2)17/h11-13H,6-10,17H2,1-5H3,(H,18,20). The molecule has 1 atom stereocenters. The van der Waals surface area contributed by atoms with Crippen LogP contribution in [-0.2, 0) is 9.53 Å². The van der Waals surface area contributed by atoms with Crippen molar-refractivity contribution >= 4 is 12.0 Å². The third-order valence-electron chi connectivity index (χ3n) is 3.87. The van der Waals surface area contributed by atoms with Crippen molar-refractivity contribution in [3.05, 3.63) is 0 Å². The van der Waals surface area contributed by atoms with Crippen LogP contribution in [0.2, 0.25) is 0 Å². The Morgan fingerprint density at radius 3 is 2.23 bits per heavy atom. The third-order valence-corrected chi connectivity index (χ3v) is 3.87. The summed E-state index contributed by atoms with van der Waals surface area (Å²) in [6, 6.07) is -0.137. The molecule has 0 spiro atoms. The Morgan fingerprint density at radius 1 is 1.27 bits per heavy atom. The molecule has 1 saturated carbocycles. The fourth-order valence-electron chi connectivity index (χ4n) is 2.72. The van der Waals surface area contributed by atoms with Crippen molar-refractivity contribution < 1.29 is 14.3 Å². The van der Waals surface area contributed by atoms with Crippen LogP contribution in [0.15, 0.2) is 0 Å². The number of nitrogens with two attached hydrogens (primary N) is 1. The molecule has 0 aliphatic heterocycles. The van der Waals surface area contributed by atoms with E-state index in [4.69, 9.17) is 10.5 Å². The van der Waals surface area contributed by atoms with E-state index in [9.17, 15) is 9.59 Å². The summed E-state index contributed by atoms with van der Waals surface area (Å²) in [5.41, 5.74) is 5.09. The first-order valence-corrected chi connectivity index (χ1v) is 8.19. The van der Waals surface area contributed by atoms with Crippen LogP contribution < -0.4 is 11.1 Å². The summed E-state index contributed by atoms with van der Waals surface area (Å²) < 4.78 is 5.47. The molecule has 0 heterocycles. The number of hydrogen-bond acceptors (Lipinski definition) is 4. The molecule has 0 aromatic rings. The predicted octanol–water partition coefficient (Wildman–Crippen LogP) is 2.02. The van der Waals surface area contributed by atoms with Gasteiger partial charge in [-0.3, -0.25) is 4.79 Å². The van der Waals surface area contributed by atoms with Crippen LogP contribution in [0.4, 0.5) is 4.79 Å². The van der Waals surface area contributed by atoms with E-state index >= 15 is 0 Å². The molecule has 1 rings (SSSR count). The Kier molecular flexibility index (Phi) is 6.66. The molecule has 1 aliphatic carbocycles. The molecule has 3 N–H and O–H groups in total. The fraction of sp³-hybridized carbons (Fsp3) is 0.875. The van der Waals surface area contributed by atoms with E-state index in [0.717, 1.165) is 25.7 Å². The van der Waals surface area contributed by atoms with Crippen molar-refractivity contribution in [1.82, 2.24) is 10.2 Å². The van der Waals surface area contributed by atoms with Crippen molar-refractivity contribution in [3.63, 3.8) is 0 Å². The van der Waals surface area contributed by atoms with Gasteiger partial charge in [0.1, 0.15) is 5.60 Å². The summed E-state index contributed by atoms with van der Waals surface area (Å²) >= 11 is 0. The molecule has 6 nitrogen and oxygen atoms in total. The summed E-state index contributed by atoms with van der Waals surface area (Å²) in [5.74, 6) is -0.108. The van der Waals surface area contributed by atoms with Gasteiger partial charge in [-0.15, -0.1) is 0 Å². The number of ether oxygens (including phenoxy) is 1. The highest BCUT2D eigenvalue weighted by molar-refractivity contribution is 5.81. The van der Waals surface area contributed by atoms with Gasteiger partial charge in [-0.1, -0.05) is 0 Å². The van der Waals surface area contributed by atoms with Crippen molar-refractivity contribution in [2.24, 2.45) is 5.73 Å². The lowest BCUT2D eigenvalue weighted by molar-refractivity contribution is -0.123. The summed E-state index contributed by atoms with van der Waals surface area (Å²) in [6.07, 6.45) is 3.22. The first-order chi connectivity index (χ1) is 10.1. The normalized spacial score (nSPS) is 23.5. The Morgan fingerprint density at radius 2 is 1.82 bits per heavy atom. The summed E-state index contributed by atoms with van der Waals surface area (Å²) in [4.78, 5) is 25.7. The van der Waals surface area contributed by atoms with Gasteiger partial charge in [0.2, 0.25) is 5.91 Å². The van der Waals surface area contributed by atoms with Crippen LogP contribution in [0.3, 0.4) is 0 Å². The van der Waals surface area contributed by atoms with Gasteiger partial charge < -0.3 is 20.7 Å². The number of carbonyl (C=O) groups is 2. The van der Waals surface area contributed by atoms with Gasteiger partial charge in [0.15, 0.2) is 0 Å². The Balaban J connectivity index is 2.51. The van der Waals surface area contributed by atoms with Gasteiger partial charge in [0.05, 0.1) is 6.04 Å². The van der Waals surface area contributed by atoms with Gasteiger partial charge >= 0.3 is 6.09 Å². The second kappa shape index (κ2) is 7.81. The molecule has 0 aromatic carbocycles. The summed E-state index contributed by atoms with van der Waals surface area (Å²) in [7, 11) is 0. The lowest BCUT2D eigenvalue weighted by Crippen LogP contribution is -2.49. The molecule has 1 aliphatic rings. The zero-order chi connectivity index (χ0) is 16.9. The van der Waals surface area contributed by atoms with Crippen molar-refractivity contribution in [2.75, 3.05) is 6.54 Å². The number of rotatable bonds is 4. The minimum absolute atomic E-state index is 0.108. The van der Waals surface area contributed by atoms with Crippen molar-refractivity contribution in [1.29, 1.82) is 0 Å². The molecule has 0 bridgehead atoms. The van der Waals surface area contributed by atoms with Crippen LogP contribution in [0.1, 0.15) is 60.3 Å². The largest absolute Gasteiger partial charge is 0.444 e. The molecule has 0 saturated heterocycles. The number of nitrogens with one attached hydrogen (secondary N) is 1. The van der Waals surface area contributed by atoms with E-state index < -0.39 is 11.6 Å². The van der Waals surface area contributed by atoms with Crippen molar-refractivity contribution in [3.8, 4) is 0 Å². The zero-order valence-corrected chi connectivity index (χ0v) is 14.5. The van der Waals surface area contributed by atoms with Gasteiger partial charge in [-0.2, -0.15) is 0 Å². The maximum absolute atomic E-state index is 12.3. The SMILES string of the molecule is CCN(C(=O)OC(C)(C)C)C1CCC(NC(=O)C(C)N)CC1. The van der Waals surface area contributed by atoms with E-state index in [0.29, 0.717) is 6.54 Å². The van der Waals surface area contributed by atoms with Crippen LogP contribution in [0.25, 0.3) is 0 Å². The molecular weight excluding hydrogens is 282 g/mol. The average molecular weight is 313 g/mol. The third kappa shape index (κ3) is 5.83. The van der Waals surface area contributed by atoms with Gasteiger partial charge in [-0.05, 0) is 60.3 Å². The molecule has 128 valence electrons. The van der Waals surface area contributed by atoms with Gasteiger partial charge in [0.25, 0.3) is 0 Å². The van der Waals surface area contributed by atoms with E-state index in [1.54, 1.807) is 11.8 Å². The van der Waals surface area contributed by atoms with Crippen LogP contribution in [0, 0.1) is 0 Å². The molecule has 0 aromatic heterocycles. The minimum atomic E-state index is -0.480. The molecule has 22 heavy (non-hydrogen) atoms. The highest BCUT2D eigenvalue weighted by Gasteiger charge is 2.31. The Labute approximate surface area is 133 Å². The van der Waals surface area contributed by atoms with Gasteiger partial charge in [0, 0.05) is 18.6 Å². The topological polar surface area (TPSA) is 84.7 Å². The second-order valence-corrected chi connectivity index (χ2v) is 7.07. The van der Waals surface area contributed by atoms with E-state index in [2.05, 4.69) is 5.32 Å². The lowest BCUT2D eigenvalue weighted by Gasteiger charge is -2.37. The van der Waals surface area contributed by atoms with E-state index in [1.165, 1.54) is 0 Å². The molecule has 0 radical (unpaired) electrons. The Hall–Kier alpha value is -1.30. The summed E-state index contributed by atoms with van der Waals surface area (Å²) in [6.45, 7) is 9.91. The smallest absolute Gasteiger partial charge is 0.410 e. The maximum atomic E-state index is 12.3. The monoisotopic (exact) mass is 313 g/mol. The first-order valence-electron chi connectivity index (χ1n) is 8.19. The number of amides is 2. The van der Waals surface area contributed by atoms with Crippen molar-refractivity contribution in [2.45, 2.75) is 84.0 Å². The zero-order valence-electron chi connectivity index (χ0n) is 14.5. The van der Waals surface area contributed by atoms with Gasteiger partial charge in [-0.25, -0.2) is 4.79 Å². The number of hydrogen-bond donors (Lipinski definition) is 2. The number of nitrogens with zero attached hydrogens (tertiary/aromatic N) is 1. The molecular formula is C16H31N3O3. The fourth-order valence-corrected chi connectivity index (χ4v) is 2.72. The predicted molar refractivity (Wildman–Crippen MR) is 86.5 cm³/mol. The van der Waals surface area contributed by atoms with Crippen LogP contribution >= 0.6 is 0 Å². The highest BCUT2D eigenvalue weighted by atomic mass is 16.6. The number of carbonyl (C=O) groups excluding carboxylic acids is 2. The van der Waals surface area contributed by atoms with Crippen LogP contribution in [0.5, 0.6) is 0 Å². The molecule has 1 unspecified atom stereocenters. The molecule has 2 amide bonds. The van der Waals surface area contributed by atoms with E-state index in [-0.39, 0.29) is 24.1 Å².